The first kappa shape index (κ1) is 15.7. The molecule has 0 fully saturated rings. The number of hydrogen-bond acceptors (Lipinski definition) is 4. The molecule has 1 heterocycles. The molecule has 0 radical (unpaired) electrons. The van der Waals surface area contributed by atoms with Crippen LogP contribution < -0.4 is 10.0 Å². The largest absolute Gasteiger partial charge is 0.347 e. The molecule has 21 heavy (non-hydrogen) atoms. The Morgan fingerprint density at radius 2 is 2.10 bits per heavy atom. The maximum atomic E-state index is 12.3. The number of benzene rings is 1. The molecule has 2 aromatic rings. The van der Waals surface area contributed by atoms with E-state index >= 15 is 0 Å². The second kappa shape index (κ2) is 6.84. The smallest absolute Gasteiger partial charge is 0.240 e. The van der Waals surface area contributed by atoms with Gasteiger partial charge in [0.1, 0.15) is 5.82 Å². The minimum absolute atomic E-state index is 0.145. The van der Waals surface area contributed by atoms with Crippen LogP contribution in [0.5, 0.6) is 0 Å². The molecule has 0 amide bonds. The molecule has 3 N–H and O–H groups in total. The van der Waals surface area contributed by atoms with Crippen LogP contribution in [0.1, 0.15) is 23.9 Å². The van der Waals surface area contributed by atoms with Crippen molar-refractivity contribution in [1.82, 2.24) is 20.0 Å². The number of hydrogen-bond donors (Lipinski definition) is 3. The highest BCUT2D eigenvalue weighted by molar-refractivity contribution is 7.89. The van der Waals surface area contributed by atoms with Gasteiger partial charge in [0.2, 0.25) is 10.0 Å². The van der Waals surface area contributed by atoms with E-state index in [0.717, 1.165) is 17.7 Å². The number of aryl methyl sites for hydroxylation is 1. The van der Waals surface area contributed by atoms with Gasteiger partial charge in [0.05, 0.1) is 11.4 Å². The van der Waals surface area contributed by atoms with E-state index in [9.17, 15) is 8.42 Å². The van der Waals surface area contributed by atoms with Gasteiger partial charge in [0.25, 0.3) is 0 Å². The lowest BCUT2D eigenvalue weighted by molar-refractivity contribution is 0.579. The fourth-order valence-corrected chi connectivity index (χ4v) is 2.94. The third-order valence-corrected chi connectivity index (χ3v) is 4.58. The summed E-state index contributed by atoms with van der Waals surface area (Å²) in [6.45, 7) is 5.63. The van der Waals surface area contributed by atoms with Crippen LogP contribution in [0.4, 0.5) is 0 Å². The van der Waals surface area contributed by atoms with Crippen molar-refractivity contribution in [2.45, 2.75) is 31.8 Å². The molecule has 0 aliphatic carbocycles. The average molecular weight is 308 g/mol. The highest BCUT2D eigenvalue weighted by atomic mass is 32.2. The summed E-state index contributed by atoms with van der Waals surface area (Å²) >= 11 is 0. The zero-order valence-corrected chi connectivity index (χ0v) is 13.0. The van der Waals surface area contributed by atoms with Gasteiger partial charge in [-0.1, -0.05) is 13.0 Å². The molecule has 0 atom stereocenters. The monoisotopic (exact) mass is 308 g/mol. The second-order valence-corrected chi connectivity index (χ2v) is 6.50. The Morgan fingerprint density at radius 1 is 1.29 bits per heavy atom. The van der Waals surface area contributed by atoms with Crippen molar-refractivity contribution in [2.75, 3.05) is 6.54 Å². The molecule has 7 heteroatoms. The summed E-state index contributed by atoms with van der Waals surface area (Å²) in [5.41, 5.74) is 2.05. The number of aromatic amines is 1. The van der Waals surface area contributed by atoms with Crippen molar-refractivity contribution < 1.29 is 8.42 Å². The summed E-state index contributed by atoms with van der Waals surface area (Å²) in [6.07, 6.45) is 3.24. The molecule has 0 aliphatic heterocycles. The third-order valence-electron chi connectivity index (χ3n) is 3.18. The zero-order valence-electron chi connectivity index (χ0n) is 12.2. The van der Waals surface area contributed by atoms with E-state index in [4.69, 9.17) is 0 Å². The van der Waals surface area contributed by atoms with Crippen LogP contribution in [0.3, 0.4) is 0 Å². The number of nitrogens with zero attached hydrogens (tertiary/aromatic N) is 1. The van der Waals surface area contributed by atoms with Gasteiger partial charge in [-0.2, -0.15) is 0 Å². The van der Waals surface area contributed by atoms with Crippen molar-refractivity contribution in [3.8, 4) is 0 Å². The van der Waals surface area contributed by atoms with Crippen LogP contribution in [-0.2, 0) is 23.1 Å². The summed E-state index contributed by atoms with van der Waals surface area (Å²) < 4.78 is 27.1. The molecule has 1 aromatic carbocycles. The lowest BCUT2D eigenvalue weighted by Gasteiger charge is -2.10. The van der Waals surface area contributed by atoms with Crippen LogP contribution in [0.25, 0.3) is 0 Å². The number of aromatic nitrogens is 2. The average Bonchev–Trinajstić information content (AvgIpc) is 2.97. The summed E-state index contributed by atoms with van der Waals surface area (Å²) in [7, 11) is -3.54. The van der Waals surface area contributed by atoms with Gasteiger partial charge in [0, 0.05) is 18.9 Å². The van der Waals surface area contributed by atoms with Gasteiger partial charge in [-0.3, -0.25) is 0 Å². The lowest BCUT2D eigenvalue weighted by Crippen LogP contribution is -2.24. The van der Waals surface area contributed by atoms with Gasteiger partial charge in [-0.05, 0) is 36.7 Å². The number of nitrogens with one attached hydrogen (secondary N) is 3. The minimum atomic E-state index is -3.54. The Bertz CT molecular complexity index is 681. The van der Waals surface area contributed by atoms with E-state index in [0.29, 0.717) is 12.4 Å². The summed E-state index contributed by atoms with van der Waals surface area (Å²) in [4.78, 5) is 7.13. The minimum Gasteiger partial charge on any atom is -0.347 e. The van der Waals surface area contributed by atoms with Crippen molar-refractivity contribution in [2.24, 2.45) is 0 Å². The maximum Gasteiger partial charge on any atom is 0.240 e. The predicted octanol–water partition coefficient (Wildman–Crippen LogP) is 1.31. The first-order valence-electron chi connectivity index (χ1n) is 6.81. The van der Waals surface area contributed by atoms with Crippen molar-refractivity contribution in [3.05, 3.63) is 47.5 Å². The first-order valence-corrected chi connectivity index (χ1v) is 8.29. The van der Waals surface area contributed by atoms with Crippen molar-refractivity contribution in [3.63, 3.8) is 0 Å². The fraction of sp³-hybridized carbons (Fsp3) is 0.357. The SMILES string of the molecule is CCNCc1cc(S(=O)(=O)NCc2ncc[nH]2)ccc1C. The second-order valence-electron chi connectivity index (χ2n) is 4.73. The molecular weight excluding hydrogens is 288 g/mol. The van der Waals surface area contributed by atoms with Crippen LogP contribution in [0.2, 0.25) is 0 Å². The number of H-pyrrole nitrogens is 1. The van der Waals surface area contributed by atoms with Gasteiger partial charge >= 0.3 is 0 Å². The molecule has 0 bridgehead atoms. The van der Waals surface area contributed by atoms with Crippen LogP contribution >= 0.6 is 0 Å². The molecule has 0 spiro atoms. The molecular formula is C14H20N4O2S. The van der Waals surface area contributed by atoms with E-state index in [1.54, 1.807) is 24.5 Å². The molecule has 0 aliphatic rings. The standard InChI is InChI=1S/C14H20N4O2S/c1-3-15-9-12-8-13(5-4-11(12)2)21(19,20)18-10-14-16-6-7-17-14/h4-8,15,18H,3,9-10H2,1-2H3,(H,16,17). The molecule has 0 saturated carbocycles. The molecule has 1 aromatic heterocycles. The maximum absolute atomic E-state index is 12.3. The fourth-order valence-electron chi connectivity index (χ4n) is 1.91. The van der Waals surface area contributed by atoms with E-state index in [-0.39, 0.29) is 11.4 Å². The van der Waals surface area contributed by atoms with Crippen LogP contribution in [0, 0.1) is 6.92 Å². The zero-order chi connectivity index (χ0) is 15.3. The molecule has 6 nitrogen and oxygen atoms in total. The Kier molecular flexibility index (Phi) is 5.11. The number of sulfonamides is 1. The summed E-state index contributed by atoms with van der Waals surface area (Å²) in [5, 5.41) is 3.21. The topological polar surface area (TPSA) is 86.9 Å². The van der Waals surface area contributed by atoms with Gasteiger partial charge < -0.3 is 10.3 Å². The normalized spacial score (nSPS) is 11.7. The van der Waals surface area contributed by atoms with Crippen LogP contribution in [0.15, 0.2) is 35.5 Å². The highest BCUT2D eigenvalue weighted by Crippen LogP contribution is 2.15. The summed E-state index contributed by atoms with van der Waals surface area (Å²) in [6, 6.07) is 5.16. The van der Waals surface area contributed by atoms with E-state index < -0.39 is 10.0 Å². The highest BCUT2D eigenvalue weighted by Gasteiger charge is 2.15. The Labute approximate surface area is 125 Å². The van der Waals surface area contributed by atoms with E-state index in [1.165, 1.54) is 0 Å². The lowest BCUT2D eigenvalue weighted by atomic mass is 10.1. The molecule has 0 unspecified atom stereocenters. The first-order chi connectivity index (χ1) is 10.0. The van der Waals surface area contributed by atoms with Gasteiger partial charge in [0.15, 0.2) is 0 Å². The molecule has 2 rings (SSSR count). The quantitative estimate of drug-likeness (QED) is 0.719. The molecule has 0 saturated heterocycles. The van der Waals surface area contributed by atoms with Crippen molar-refractivity contribution >= 4 is 10.0 Å². The van der Waals surface area contributed by atoms with E-state index in [1.807, 2.05) is 19.9 Å². The Hall–Kier alpha value is -1.70. The molecule has 114 valence electrons. The number of rotatable bonds is 7. The predicted molar refractivity (Wildman–Crippen MR) is 81.2 cm³/mol. The van der Waals surface area contributed by atoms with Crippen LogP contribution in [-0.4, -0.2) is 24.9 Å². The Balaban J connectivity index is 2.15. The van der Waals surface area contributed by atoms with Crippen molar-refractivity contribution in [1.29, 1.82) is 0 Å². The number of imidazole rings is 1. The van der Waals surface area contributed by atoms with Gasteiger partial charge in [-0.15, -0.1) is 0 Å². The van der Waals surface area contributed by atoms with Gasteiger partial charge in [-0.25, -0.2) is 18.1 Å². The Morgan fingerprint density at radius 3 is 2.76 bits per heavy atom. The van der Waals surface area contributed by atoms with E-state index in [2.05, 4.69) is 20.0 Å². The third kappa shape index (κ3) is 4.13. The summed E-state index contributed by atoms with van der Waals surface area (Å²) in [5.74, 6) is 0.582.